The molecule has 1 atom stereocenters. The van der Waals surface area contributed by atoms with Gasteiger partial charge in [-0.05, 0) is 18.4 Å². The van der Waals surface area contributed by atoms with Crippen LogP contribution < -0.4 is 5.73 Å². The van der Waals surface area contributed by atoms with E-state index in [4.69, 9.17) is 17.3 Å². The van der Waals surface area contributed by atoms with Gasteiger partial charge >= 0.3 is 0 Å². The Morgan fingerprint density at radius 1 is 1.40 bits per heavy atom. The standard InChI is InChI=1S/C11H15ClFN.ClH/c1-7(2)6-10(14)8-4-3-5-9(12)11(8)13;/h3-5,7,10H,6,14H2,1-2H3;1H/t10-;/m0./s1. The highest BCUT2D eigenvalue weighted by molar-refractivity contribution is 6.30. The van der Waals surface area contributed by atoms with Gasteiger partial charge in [0.2, 0.25) is 0 Å². The van der Waals surface area contributed by atoms with Gasteiger partial charge in [-0.1, -0.05) is 37.6 Å². The Labute approximate surface area is 101 Å². The number of hydrogen-bond acceptors (Lipinski definition) is 1. The molecule has 0 spiro atoms. The van der Waals surface area contributed by atoms with Crippen molar-refractivity contribution in [2.24, 2.45) is 11.7 Å². The highest BCUT2D eigenvalue weighted by Gasteiger charge is 2.14. The summed E-state index contributed by atoms with van der Waals surface area (Å²) in [5.74, 6) is 0.0608. The van der Waals surface area contributed by atoms with E-state index in [2.05, 4.69) is 13.8 Å². The molecule has 1 nitrogen and oxygen atoms in total. The van der Waals surface area contributed by atoms with Gasteiger partial charge in [-0.3, -0.25) is 0 Å². The van der Waals surface area contributed by atoms with Gasteiger partial charge in [0.1, 0.15) is 5.82 Å². The molecular weight excluding hydrogens is 236 g/mol. The summed E-state index contributed by atoms with van der Waals surface area (Å²) in [4.78, 5) is 0. The lowest BCUT2D eigenvalue weighted by atomic mass is 9.97. The van der Waals surface area contributed by atoms with Crippen LogP contribution in [0.3, 0.4) is 0 Å². The van der Waals surface area contributed by atoms with Crippen LogP contribution in [0.1, 0.15) is 31.9 Å². The molecular formula is C11H16Cl2FN. The molecule has 0 aliphatic rings. The molecule has 0 saturated carbocycles. The Balaban J connectivity index is 0.00000196. The first-order valence-corrected chi connectivity index (χ1v) is 5.09. The van der Waals surface area contributed by atoms with Gasteiger partial charge in [-0.25, -0.2) is 4.39 Å². The molecule has 0 unspecified atom stereocenters. The van der Waals surface area contributed by atoms with Crippen LogP contribution in [0.5, 0.6) is 0 Å². The summed E-state index contributed by atoms with van der Waals surface area (Å²) in [6.45, 7) is 4.12. The highest BCUT2D eigenvalue weighted by Crippen LogP contribution is 2.25. The minimum atomic E-state index is -0.387. The second-order valence-corrected chi connectivity index (χ2v) is 4.29. The van der Waals surface area contributed by atoms with Crippen LogP contribution in [0.15, 0.2) is 18.2 Å². The Hall–Kier alpha value is -0.310. The molecule has 15 heavy (non-hydrogen) atoms. The molecule has 1 aromatic rings. The molecule has 1 rings (SSSR count). The molecule has 1 aromatic carbocycles. The largest absolute Gasteiger partial charge is 0.324 e. The van der Waals surface area contributed by atoms with Gasteiger partial charge < -0.3 is 5.73 Å². The van der Waals surface area contributed by atoms with Crippen LogP contribution >= 0.6 is 24.0 Å². The number of hydrogen-bond donors (Lipinski definition) is 1. The minimum Gasteiger partial charge on any atom is -0.324 e. The van der Waals surface area contributed by atoms with E-state index in [1.165, 1.54) is 6.07 Å². The zero-order valence-corrected chi connectivity index (χ0v) is 10.4. The molecule has 0 fully saturated rings. The summed E-state index contributed by atoms with van der Waals surface area (Å²) in [6, 6.07) is 4.67. The molecule has 2 N–H and O–H groups in total. The topological polar surface area (TPSA) is 26.0 Å². The van der Waals surface area contributed by atoms with E-state index in [1.807, 2.05) is 0 Å². The first-order valence-electron chi connectivity index (χ1n) is 4.72. The van der Waals surface area contributed by atoms with Gasteiger partial charge in [0, 0.05) is 11.6 Å². The summed E-state index contributed by atoms with van der Waals surface area (Å²) >= 11 is 5.66. The fourth-order valence-corrected chi connectivity index (χ4v) is 1.62. The first-order chi connectivity index (χ1) is 6.52. The molecule has 86 valence electrons. The van der Waals surface area contributed by atoms with Crippen molar-refractivity contribution < 1.29 is 4.39 Å². The van der Waals surface area contributed by atoms with Crippen molar-refractivity contribution in [3.05, 3.63) is 34.6 Å². The lowest BCUT2D eigenvalue weighted by molar-refractivity contribution is 0.489. The summed E-state index contributed by atoms with van der Waals surface area (Å²) in [7, 11) is 0. The van der Waals surface area contributed by atoms with E-state index in [9.17, 15) is 4.39 Å². The molecule has 0 aliphatic carbocycles. The maximum Gasteiger partial charge on any atom is 0.146 e. The number of rotatable bonds is 3. The molecule has 4 heteroatoms. The third-order valence-electron chi connectivity index (χ3n) is 2.11. The van der Waals surface area contributed by atoms with Crippen molar-refractivity contribution in [1.82, 2.24) is 0 Å². The lowest BCUT2D eigenvalue weighted by Crippen LogP contribution is -2.14. The molecule has 0 aromatic heterocycles. The van der Waals surface area contributed by atoms with Crippen LogP contribution in [0.2, 0.25) is 5.02 Å². The summed E-state index contributed by atoms with van der Waals surface area (Å²) < 4.78 is 13.5. The van der Waals surface area contributed by atoms with Crippen LogP contribution in [0, 0.1) is 11.7 Å². The SMILES string of the molecule is CC(C)C[C@H](N)c1cccc(Cl)c1F.Cl. The molecule has 0 heterocycles. The van der Waals surface area contributed by atoms with Crippen molar-refractivity contribution >= 4 is 24.0 Å². The van der Waals surface area contributed by atoms with Crippen molar-refractivity contribution in [3.8, 4) is 0 Å². The number of nitrogens with two attached hydrogens (primary N) is 1. The van der Waals surface area contributed by atoms with E-state index < -0.39 is 0 Å². The summed E-state index contributed by atoms with van der Waals surface area (Å²) in [5.41, 5.74) is 6.37. The third kappa shape index (κ3) is 3.98. The zero-order chi connectivity index (χ0) is 10.7. The van der Waals surface area contributed by atoms with E-state index in [0.29, 0.717) is 11.5 Å². The molecule has 0 bridgehead atoms. The minimum absolute atomic E-state index is 0. The van der Waals surface area contributed by atoms with Crippen molar-refractivity contribution in [3.63, 3.8) is 0 Å². The molecule has 0 radical (unpaired) electrons. The lowest BCUT2D eigenvalue weighted by Gasteiger charge is -2.15. The monoisotopic (exact) mass is 251 g/mol. The normalized spacial score (nSPS) is 12.4. The fourth-order valence-electron chi connectivity index (χ4n) is 1.44. The van der Waals surface area contributed by atoms with Crippen molar-refractivity contribution in [1.29, 1.82) is 0 Å². The average molecular weight is 252 g/mol. The Bertz CT molecular complexity index is 315. The predicted molar refractivity (Wildman–Crippen MR) is 65.0 cm³/mol. The second-order valence-electron chi connectivity index (χ2n) is 3.88. The number of benzene rings is 1. The molecule has 0 aliphatic heterocycles. The highest BCUT2D eigenvalue weighted by atomic mass is 35.5. The smallest absolute Gasteiger partial charge is 0.146 e. The van der Waals surface area contributed by atoms with E-state index in [-0.39, 0.29) is 29.3 Å². The third-order valence-corrected chi connectivity index (χ3v) is 2.40. The van der Waals surface area contributed by atoms with Crippen LogP contribution in [-0.2, 0) is 0 Å². The van der Waals surface area contributed by atoms with Crippen molar-refractivity contribution in [2.75, 3.05) is 0 Å². The van der Waals surface area contributed by atoms with Gasteiger partial charge in [-0.15, -0.1) is 12.4 Å². The summed E-state index contributed by atoms with van der Waals surface area (Å²) in [6.07, 6.45) is 0.761. The predicted octanol–water partition coefficient (Wildman–Crippen LogP) is 3.95. The van der Waals surface area contributed by atoms with Gasteiger partial charge in [0.25, 0.3) is 0 Å². The Kier molecular flexibility index (Phi) is 6.18. The zero-order valence-electron chi connectivity index (χ0n) is 8.84. The van der Waals surface area contributed by atoms with Gasteiger partial charge in [0.15, 0.2) is 0 Å². The second kappa shape index (κ2) is 6.31. The van der Waals surface area contributed by atoms with E-state index >= 15 is 0 Å². The maximum absolute atomic E-state index is 13.5. The van der Waals surface area contributed by atoms with Crippen LogP contribution in [-0.4, -0.2) is 0 Å². The molecule has 0 amide bonds. The Morgan fingerprint density at radius 2 is 2.00 bits per heavy atom. The molecule has 0 saturated heterocycles. The maximum atomic E-state index is 13.5. The first kappa shape index (κ1) is 14.7. The van der Waals surface area contributed by atoms with E-state index in [0.717, 1.165) is 6.42 Å². The summed E-state index contributed by atoms with van der Waals surface area (Å²) in [5, 5.41) is 0.140. The Morgan fingerprint density at radius 3 is 2.53 bits per heavy atom. The van der Waals surface area contributed by atoms with Crippen LogP contribution in [0.25, 0.3) is 0 Å². The fraction of sp³-hybridized carbons (Fsp3) is 0.455. The van der Waals surface area contributed by atoms with E-state index in [1.54, 1.807) is 12.1 Å². The van der Waals surface area contributed by atoms with Gasteiger partial charge in [-0.2, -0.15) is 0 Å². The average Bonchev–Trinajstić information content (AvgIpc) is 2.08. The van der Waals surface area contributed by atoms with Crippen molar-refractivity contribution in [2.45, 2.75) is 26.3 Å². The van der Waals surface area contributed by atoms with Gasteiger partial charge in [0.05, 0.1) is 5.02 Å². The number of halogens is 3. The quantitative estimate of drug-likeness (QED) is 0.866. The van der Waals surface area contributed by atoms with Crippen LogP contribution in [0.4, 0.5) is 4.39 Å².